The van der Waals surface area contributed by atoms with Crippen molar-refractivity contribution in [1.29, 1.82) is 0 Å². The molecule has 0 bridgehead atoms. The number of benzene rings is 1. The lowest BCUT2D eigenvalue weighted by atomic mass is 10.00. The molecule has 2 aliphatic heterocycles. The number of carbonyl (C=O) groups is 1. The highest BCUT2D eigenvalue weighted by Crippen LogP contribution is 2.27. The van der Waals surface area contributed by atoms with Crippen LogP contribution < -0.4 is 9.47 Å². The first kappa shape index (κ1) is 21.0. The highest BCUT2D eigenvalue weighted by molar-refractivity contribution is 5.68. The number of imidazole rings is 1. The minimum atomic E-state index is -0.531. The predicted molar refractivity (Wildman–Crippen MR) is 110 cm³/mol. The molecule has 10 nitrogen and oxygen atoms in total. The Morgan fingerprint density at radius 3 is 2.87 bits per heavy atom. The van der Waals surface area contributed by atoms with E-state index < -0.39 is 10.5 Å². The molecule has 1 amide bonds. The van der Waals surface area contributed by atoms with Crippen LogP contribution in [0, 0.1) is 10.1 Å². The lowest BCUT2D eigenvalue weighted by Gasteiger charge is -2.31. The van der Waals surface area contributed by atoms with Crippen LogP contribution >= 0.6 is 0 Å². The van der Waals surface area contributed by atoms with E-state index in [-0.39, 0.29) is 24.0 Å². The number of hydrogen-bond donors (Lipinski definition) is 0. The van der Waals surface area contributed by atoms with E-state index in [4.69, 9.17) is 14.2 Å². The molecule has 0 saturated carbocycles. The zero-order valence-corrected chi connectivity index (χ0v) is 17.9. The van der Waals surface area contributed by atoms with Gasteiger partial charge in [0.15, 0.2) is 0 Å². The monoisotopic (exact) mass is 430 g/mol. The maximum atomic E-state index is 12.3. The summed E-state index contributed by atoms with van der Waals surface area (Å²) in [5.74, 6) is 0.514. The van der Waals surface area contributed by atoms with Crippen molar-refractivity contribution < 1.29 is 23.9 Å². The van der Waals surface area contributed by atoms with Crippen molar-refractivity contribution in [2.24, 2.45) is 0 Å². The Kier molecular flexibility index (Phi) is 5.47. The first-order valence-corrected chi connectivity index (χ1v) is 10.3. The summed E-state index contributed by atoms with van der Waals surface area (Å²) >= 11 is 0. The molecule has 1 aromatic heterocycles. The van der Waals surface area contributed by atoms with Crippen LogP contribution in [-0.2, 0) is 24.2 Å². The summed E-state index contributed by atoms with van der Waals surface area (Å²) in [5, 5.41) is 10.9. The molecule has 0 fully saturated rings. The van der Waals surface area contributed by atoms with E-state index in [9.17, 15) is 14.9 Å². The summed E-state index contributed by atoms with van der Waals surface area (Å²) in [6.45, 7) is 7.60. The first-order chi connectivity index (χ1) is 14.7. The smallest absolute Gasteiger partial charge is 0.414 e. The molecule has 0 spiro atoms. The molecule has 1 atom stereocenters. The average Bonchev–Trinajstić information content (AvgIpc) is 3.14. The summed E-state index contributed by atoms with van der Waals surface area (Å²) in [5.41, 5.74) is 1.71. The molecule has 1 aromatic carbocycles. The third kappa shape index (κ3) is 4.89. The van der Waals surface area contributed by atoms with Crippen LogP contribution in [0.5, 0.6) is 11.8 Å². The highest BCUT2D eigenvalue weighted by atomic mass is 16.6. The molecule has 0 saturated heterocycles. The summed E-state index contributed by atoms with van der Waals surface area (Å²) in [6, 6.07) is 6.10. The van der Waals surface area contributed by atoms with Crippen LogP contribution in [0.3, 0.4) is 0 Å². The van der Waals surface area contributed by atoms with Crippen molar-refractivity contribution in [1.82, 2.24) is 14.5 Å². The summed E-state index contributed by atoms with van der Waals surface area (Å²) in [6.07, 6.45) is 2.26. The molecule has 2 aliphatic rings. The van der Waals surface area contributed by atoms with Gasteiger partial charge in [-0.25, -0.2) is 4.79 Å². The Bertz CT molecular complexity index is 996. The van der Waals surface area contributed by atoms with Crippen LogP contribution in [0.15, 0.2) is 24.4 Å². The normalized spacial score (nSPS) is 17.9. The molecule has 4 rings (SSSR count). The van der Waals surface area contributed by atoms with Crippen molar-refractivity contribution in [3.05, 3.63) is 45.6 Å². The molecular formula is C21H26N4O6. The summed E-state index contributed by atoms with van der Waals surface area (Å²) in [4.78, 5) is 28.3. The van der Waals surface area contributed by atoms with Gasteiger partial charge in [-0.2, -0.15) is 0 Å². The number of carbonyl (C=O) groups excluding carboxylic acids is 1. The Morgan fingerprint density at radius 2 is 2.13 bits per heavy atom. The van der Waals surface area contributed by atoms with Crippen LogP contribution in [0.1, 0.15) is 38.3 Å². The number of ether oxygens (including phenoxy) is 3. The summed E-state index contributed by atoms with van der Waals surface area (Å²) < 4.78 is 18.8. The number of amides is 1. The van der Waals surface area contributed by atoms with Crippen LogP contribution in [-0.4, -0.2) is 50.3 Å². The average molecular weight is 430 g/mol. The Balaban J connectivity index is 1.33. The lowest BCUT2D eigenvalue weighted by molar-refractivity contribution is -0.389. The molecular weight excluding hydrogens is 404 g/mol. The molecule has 0 N–H and O–H groups in total. The zero-order valence-electron chi connectivity index (χ0n) is 17.9. The predicted octanol–water partition coefficient (Wildman–Crippen LogP) is 3.31. The number of rotatable bonds is 4. The van der Waals surface area contributed by atoms with Crippen LogP contribution in [0.25, 0.3) is 0 Å². The van der Waals surface area contributed by atoms with E-state index in [1.165, 1.54) is 6.20 Å². The van der Waals surface area contributed by atoms with Gasteiger partial charge in [0.1, 0.15) is 30.3 Å². The van der Waals surface area contributed by atoms with Crippen molar-refractivity contribution in [2.45, 2.75) is 58.4 Å². The highest BCUT2D eigenvalue weighted by Gasteiger charge is 2.29. The molecule has 1 unspecified atom stereocenters. The fourth-order valence-electron chi connectivity index (χ4n) is 3.63. The molecule has 166 valence electrons. The largest absolute Gasteiger partial charge is 0.490 e. The van der Waals surface area contributed by atoms with Crippen molar-refractivity contribution >= 4 is 11.9 Å². The number of nitrogens with zero attached hydrogens (tertiary/aromatic N) is 4. The fourth-order valence-corrected chi connectivity index (χ4v) is 3.63. The van der Waals surface area contributed by atoms with E-state index in [0.717, 1.165) is 23.3 Å². The fraction of sp³-hybridized carbons (Fsp3) is 0.524. The van der Waals surface area contributed by atoms with E-state index >= 15 is 0 Å². The standard InChI is InChI=1S/C21H26N4O6/c1-21(2,3)31-20(26)24-8-6-14-10-16(5-4-15(14)11-24)29-13-17-7-9-23-12-18(25(27)28)22-19(23)30-17/h4-5,10,12,17H,6-9,11,13H2,1-3H3. The second-order valence-corrected chi connectivity index (χ2v) is 8.75. The zero-order chi connectivity index (χ0) is 22.2. The SMILES string of the molecule is CC(C)(C)OC(=O)N1CCc2cc(OCC3CCn4cc([N+](=O)[O-])nc4O3)ccc2C1. The van der Waals surface area contributed by atoms with Gasteiger partial charge in [-0.1, -0.05) is 6.07 Å². The van der Waals surface area contributed by atoms with Gasteiger partial charge >= 0.3 is 17.9 Å². The minimum absolute atomic E-state index is 0.216. The van der Waals surface area contributed by atoms with Gasteiger partial charge in [-0.05, 0) is 55.4 Å². The van der Waals surface area contributed by atoms with Crippen molar-refractivity contribution in [2.75, 3.05) is 13.2 Å². The van der Waals surface area contributed by atoms with Gasteiger partial charge in [0.05, 0.1) is 0 Å². The quantitative estimate of drug-likeness (QED) is 0.541. The van der Waals surface area contributed by atoms with Gasteiger partial charge in [0, 0.05) is 31.0 Å². The van der Waals surface area contributed by atoms with Gasteiger partial charge in [-0.15, -0.1) is 0 Å². The molecule has 10 heteroatoms. The van der Waals surface area contributed by atoms with Crippen LogP contribution in [0.2, 0.25) is 0 Å². The van der Waals surface area contributed by atoms with E-state index in [2.05, 4.69) is 4.98 Å². The van der Waals surface area contributed by atoms with E-state index in [0.29, 0.717) is 32.7 Å². The second-order valence-electron chi connectivity index (χ2n) is 8.75. The van der Waals surface area contributed by atoms with E-state index in [1.807, 2.05) is 39.0 Å². The first-order valence-electron chi connectivity index (χ1n) is 10.3. The Labute approximate surface area is 179 Å². The third-order valence-electron chi connectivity index (χ3n) is 5.16. The van der Waals surface area contributed by atoms with Gasteiger partial charge in [0.25, 0.3) is 0 Å². The minimum Gasteiger partial charge on any atom is -0.490 e. The topological polar surface area (TPSA) is 109 Å². The third-order valence-corrected chi connectivity index (χ3v) is 5.16. The molecule has 3 heterocycles. The van der Waals surface area contributed by atoms with Gasteiger partial charge in [-0.3, -0.25) is 4.57 Å². The van der Waals surface area contributed by atoms with Crippen molar-refractivity contribution in [3.63, 3.8) is 0 Å². The lowest BCUT2D eigenvalue weighted by Crippen LogP contribution is -2.39. The van der Waals surface area contributed by atoms with Crippen molar-refractivity contribution in [3.8, 4) is 11.8 Å². The van der Waals surface area contributed by atoms with Crippen LogP contribution in [0.4, 0.5) is 10.6 Å². The van der Waals surface area contributed by atoms with E-state index in [1.54, 1.807) is 9.47 Å². The number of aryl methyl sites for hydroxylation is 1. The Morgan fingerprint density at radius 1 is 1.32 bits per heavy atom. The Hall–Kier alpha value is -3.30. The summed E-state index contributed by atoms with van der Waals surface area (Å²) in [7, 11) is 0. The molecule has 2 aromatic rings. The maximum absolute atomic E-state index is 12.3. The van der Waals surface area contributed by atoms with Gasteiger partial charge < -0.3 is 29.2 Å². The second kappa shape index (κ2) is 8.09. The molecule has 0 aliphatic carbocycles. The number of nitro groups is 1. The number of fused-ring (bicyclic) bond motifs is 2. The number of hydrogen-bond acceptors (Lipinski definition) is 7. The molecule has 0 radical (unpaired) electrons. The van der Waals surface area contributed by atoms with Gasteiger partial charge in [0.2, 0.25) is 0 Å². The number of aromatic nitrogens is 2. The maximum Gasteiger partial charge on any atom is 0.414 e. The molecule has 31 heavy (non-hydrogen) atoms.